The minimum absolute atomic E-state index is 0.191. The van der Waals surface area contributed by atoms with Crippen LogP contribution in [0.15, 0.2) is 30.6 Å². The van der Waals surface area contributed by atoms with Crippen LogP contribution in [0.4, 0.5) is 4.39 Å². The maximum absolute atomic E-state index is 12.9. The van der Waals surface area contributed by atoms with Crippen molar-refractivity contribution in [2.45, 2.75) is 32.2 Å². The summed E-state index contributed by atoms with van der Waals surface area (Å²) in [7, 11) is 0. The predicted molar refractivity (Wildman–Crippen MR) is 72.1 cm³/mol. The molecule has 19 heavy (non-hydrogen) atoms. The van der Waals surface area contributed by atoms with Gasteiger partial charge in [-0.2, -0.15) is 5.10 Å². The van der Waals surface area contributed by atoms with Crippen LogP contribution in [-0.4, -0.2) is 21.7 Å². The third kappa shape index (κ3) is 4.13. The van der Waals surface area contributed by atoms with Crippen LogP contribution >= 0.6 is 0 Å². The van der Waals surface area contributed by atoms with Gasteiger partial charge in [0, 0.05) is 12.5 Å². The zero-order valence-corrected chi connectivity index (χ0v) is 11.1. The fourth-order valence-electron chi connectivity index (χ4n) is 2.08. The minimum atomic E-state index is -0.191. The molecule has 0 aliphatic carbocycles. The van der Waals surface area contributed by atoms with E-state index in [4.69, 9.17) is 0 Å². The Bertz CT molecular complexity index is 467. The lowest BCUT2D eigenvalue weighted by Gasteiger charge is -2.17. The fourth-order valence-corrected chi connectivity index (χ4v) is 2.08. The van der Waals surface area contributed by atoms with E-state index < -0.39 is 0 Å². The van der Waals surface area contributed by atoms with Crippen molar-refractivity contribution in [3.63, 3.8) is 0 Å². The van der Waals surface area contributed by atoms with Gasteiger partial charge in [0.05, 0.1) is 0 Å². The number of aromatic amines is 1. The van der Waals surface area contributed by atoms with E-state index in [2.05, 4.69) is 27.4 Å². The summed E-state index contributed by atoms with van der Waals surface area (Å²) in [5, 5.41) is 10.1. The van der Waals surface area contributed by atoms with Crippen molar-refractivity contribution in [1.82, 2.24) is 20.5 Å². The van der Waals surface area contributed by atoms with E-state index in [1.165, 1.54) is 18.5 Å². The molecule has 102 valence electrons. The third-order valence-corrected chi connectivity index (χ3v) is 3.13. The number of rotatable bonds is 7. The van der Waals surface area contributed by atoms with Crippen LogP contribution < -0.4 is 5.32 Å². The average Bonchev–Trinajstić information content (AvgIpc) is 2.93. The molecular formula is C14H19FN4. The summed E-state index contributed by atoms with van der Waals surface area (Å²) in [6, 6.07) is 6.97. The van der Waals surface area contributed by atoms with E-state index in [1.54, 1.807) is 0 Å². The zero-order valence-electron chi connectivity index (χ0n) is 11.1. The fraction of sp³-hybridized carbons (Fsp3) is 0.429. The number of halogens is 1. The number of benzene rings is 1. The molecule has 0 saturated heterocycles. The molecule has 0 fully saturated rings. The van der Waals surface area contributed by atoms with E-state index in [9.17, 15) is 4.39 Å². The summed E-state index contributed by atoms with van der Waals surface area (Å²) < 4.78 is 12.9. The van der Waals surface area contributed by atoms with Crippen LogP contribution in [0.2, 0.25) is 0 Å². The van der Waals surface area contributed by atoms with Crippen molar-refractivity contribution in [2.24, 2.45) is 0 Å². The van der Waals surface area contributed by atoms with Gasteiger partial charge in [-0.05, 0) is 37.1 Å². The first kappa shape index (κ1) is 13.7. The highest BCUT2D eigenvalue weighted by Gasteiger charge is 2.08. The Morgan fingerprint density at radius 1 is 1.32 bits per heavy atom. The lowest BCUT2D eigenvalue weighted by atomic mass is 10.0. The Hall–Kier alpha value is -1.75. The number of aryl methyl sites for hydroxylation is 1. The number of nitrogens with one attached hydrogen (secondary N) is 2. The molecule has 1 atom stereocenters. The van der Waals surface area contributed by atoms with Crippen LogP contribution in [0.5, 0.6) is 0 Å². The van der Waals surface area contributed by atoms with Gasteiger partial charge in [-0.25, -0.2) is 9.37 Å². The normalized spacial score (nSPS) is 12.5. The quantitative estimate of drug-likeness (QED) is 0.754. The predicted octanol–water partition coefficient (Wildman–Crippen LogP) is 2.62. The van der Waals surface area contributed by atoms with Crippen molar-refractivity contribution in [3.05, 3.63) is 47.8 Å². The number of H-pyrrole nitrogens is 1. The van der Waals surface area contributed by atoms with Crippen molar-refractivity contribution in [1.29, 1.82) is 0 Å². The molecule has 4 nitrogen and oxygen atoms in total. The largest absolute Gasteiger partial charge is 0.310 e. The van der Waals surface area contributed by atoms with Crippen LogP contribution in [0, 0.1) is 5.82 Å². The summed E-state index contributed by atoms with van der Waals surface area (Å²) in [5.41, 5.74) is 1.13. The molecule has 1 aromatic carbocycles. The molecule has 2 N–H and O–H groups in total. The van der Waals surface area contributed by atoms with Gasteiger partial charge < -0.3 is 5.32 Å². The number of nitrogens with zero attached hydrogens (tertiary/aromatic N) is 2. The molecule has 0 saturated carbocycles. The SMILES string of the molecule is CCC(NCCCc1ncn[nH]1)c1ccc(F)cc1. The van der Waals surface area contributed by atoms with Crippen molar-refractivity contribution < 1.29 is 4.39 Å². The lowest BCUT2D eigenvalue weighted by Crippen LogP contribution is -2.22. The Kier molecular flexibility index (Phi) is 5.03. The Balaban J connectivity index is 1.77. The number of hydrogen-bond acceptors (Lipinski definition) is 3. The third-order valence-electron chi connectivity index (χ3n) is 3.13. The smallest absolute Gasteiger partial charge is 0.137 e. The summed E-state index contributed by atoms with van der Waals surface area (Å²) in [6.45, 7) is 3.02. The second-order valence-corrected chi connectivity index (χ2v) is 4.50. The summed E-state index contributed by atoms with van der Waals surface area (Å²) >= 11 is 0. The van der Waals surface area contributed by atoms with Crippen molar-refractivity contribution in [2.75, 3.05) is 6.54 Å². The Morgan fingerprint density at radius 2 is 2.11 bits per heavy atom. The van der Waals surface area contributed by atoms with Gasteiger partial charge in [-0.15, -0.1) is 0 Å². The van der Waals surface area contributed by atoms with E-state index >= 15 is 0 Å². The van der Waals surface area contributed by atoms with Gasteiger partial charge in [-0.3, -0.25) is 5.10 Å². The van der Waals surface area contributed by atoms with Crippen molar-refractivity contribution in [3.8, 4) is 0 Å². The van der Waals surface area contributed by atoms with E-state index in [-0.39, 0.29) is 11.9 Å². The highest BCUT2D eigenvalue weighted by molar-refractivity contribution is 5.19. The molecule has 0 aliphatic heterocycles. The molecular weight excluding hydrogens is 243 g/mol. The summed E-state index contributed by atoms with van der Waals surface area (Å²) in [5.74, 6) is 0.723. The molecule has 1 unspecified atom stereocenters. The van der Waals surface area contributed by atoms with Gasteiger partial charge in [0.2, 0.25) is 0 Å². The Labute approximate surface area is 112 Å². The van der Waals surface area contributed by atoms with Gasteiger partial charge >= 0.3 is 0 Å². The second-order valence-electron chi connectivity index (χ2n) is 4.50. The summed E-state index contributed by atoms with van der Waals surface area (Å²) in [6.07, 6.45) is 4.38. The van der Waals surface area contributed by atoms with E-state index in [0.29, 0.717) is 0 Å². The van der Waals surface area contributed by atoms with Crippen LogP contribution in [0.1, 0.15) is 37.2 Å². The molecule has 2 rings (SSSR count). The van der Waals surface area contributed by atoms with Gasteiger partial charge in [0.15, 0.2) is 0 Å². The highest BCUT2D eigenvalue weighted by atomic mass is 19.1. The molecule has 0 spiro atoms. The molecule has 5 heteroatoms. The standard InChI is InChI=1S/C14H19FN4/c1-2-13(11-5-7-12(15)8-6-11)16-9-3-4-14-17-10-18-19-14/h5-8,10,13,16H,2-4,9H2,1H3,(H,17,18,19). The molecule has 2 aromatic rings. The first-order valence-corrected chi connectivity index (χ1v) is 6.62. The summed E-state index contributed by atoms with van der Waals surface area (Å²) in [4.78, 5) is 4.08. The van der Waals surface area contributed by atoms with Gasteiger partial charge in [0.1, 0.15) is 18.0 Å². The first-order valence-electron chi connectivity index (χ1n) is 6.62. The molecule has 0 bridgehead atoms. The first-order chi connectivity index (χ1) is 9.29. The maximum atomic E-state index is 12.9. The van der Waals surface area contributed by atoms with Gasteiger partial charge in [-0.1, -0.05) is 19.1 Å². The Morgan fingerprint density at radius 3 is 2.74 bits per heavy atom. The minimum Gasteiger partial charge on any atom is -0.310 e. The molecule has 1 heterocycles. The van der Waals surface area contributed by atoms with E-state index in [1.807, 2.05) is 12.1 Å². The topological polar surface area (TPSA) is 53.6 Å². The average molecular weight is 262 g/mol. The molecule has 0 aliphatic rings. The molecule has 1 aromatic heterocycles. The van der Waals surface area contributed by atoms with E-state index in [0.717, 1.165) is 37.2 Å². The van der Waals surface area contributed by atoms with Crippen LogP contribution in [0.3, 0.4) is 0 Å². The molecule has 0 amide bonds. The number of aromatic nitrogens is 3. The highest BCUT2D eigenvalue weighted by Crippen LogP contribution is 2.16. The van der Waals surface area contributed by atoms with Crippen LogP contribution in [-0.2, 0) is 6.42 Å². The van der Waals surface area contributed by atoms with Crippen LogP contribution in [0.25, 0.3) is 0 Å². The second kappa shape index (κ2) is 6.99. The monoisotopic (exact) mass is 262 g/mol. The van der Waals surface area contributed by atoms with Gasteiger partial charge in [0.25, 0.3) is 0 Å². The lowest BCUT2D eigenvalue weighted by molar-refractivity contribution is 0.507. The van der Waals surface area contributed by atoms with Crippen molar-refractivity contribution >= 4 is 0 Å². The number of hydrogen-bond donors (Lipinski definition) is 2. The zero-order chi connectivity index (χ0) is 13.5. The molecule has 0 radical (unpaired) electrons. The maximum Gasteiger partial charge on any atom is 0.137 e.